The van der Waals surface area contributed by atoms with Crippen molar-refractivity contribution in [1.29, 1.82) is 0 Å². The van der Waals surface area contributed by atoms with E-state index in [1.54, 1.807) is 0 Å². The van der Waals surface area contributed by atoms with Crippen LogP contribution >= 0.6 is 0 Å². The average molecular weight is 366 g/mol. The van der Waals surface area contributed by atoms with Crippen LogP contribution in [-0.2, 0) is 17.7 Å². The van der Waals surface area contributed by atoms with Gasteiger partial charge in [-0.05, 0) is 18.9 Å². The number of fused-ring (bicyclic) bond motifs is 1. The van der Waals surface area contributed by atoms with E-state index in [4.69, 9.17) is 14.7 Å². The van der Waals surface area contributed by atoms with Crippen LogP contribution in [0.1, 0.15) is 12.5 Å². The van der Waals surface area contributed by atoms with E-state index in [1.807, 2.05) is 12.4 Å². The molecule has 1 saturated heterocycles. The maximum Gasteiger partial charge on any atom is 0.229 e. The topological polar surface area (TPSA) is 59.3 Å². The van der Waals surface area contributed by atoms with Gasteiger partial charge in [0.2, 0.25) is 5.95 Å². The lowest BCUT2D eigenvalue weighted by Crippen LogP contribution is -2.37. The van der Waals surface area contributed by atoms with Gasteiger partial charge in [0.1, 0.15) is 0 Å². The van der Waals surface area contributed by atoms with Gasteiger partial charge in [-0.3, -0.25) is 0 Å². The fourth-order valence-electron chi connectivity index (χ4n) is 3.36. The summed E-state index contributed by atoms with van der Waals surface area (Å²) in [4.78, 5) is 18.7. The third-order valence-electron chi connectivity index (χ3n) is 5.01. The van der Waals surface area contributed by atoms with Gasteiger partial charge in [-0.2, -0.15) is 9.97 Å². The van der Waals surface area contributed by atoms with Crippen molar-refractivity contribution in [3.8, 4) is 0 Å². The van der Waals surface area contributed by atoms with E-state index in [0.29, 0.717) is 0 Å². The summed E-state index contributed by atoms with van der Waals surface area (Å²) in [5.74, 6) is 1.66. The Bertz CT molecular complexity index is 888. The third kappa shape index (κ3) is 3.73. The second-order valence-electron chi connectivity index (χ2n) is 6.81. The standard InChI is InChI=1S/C20H26N6O/c1-3-25-15-21-17-18(25)22-20(23-19(17)26-11-13-27-14-12-26)24(2)10-9-16-7-5-4-6-8-16/h4-8,15H,3,9-14H2,1-2H3. The van der Waals surface area contributed by atoms with Crippen molar-refractivity contribution in [2.75, 3.05) is 49.7 Å². The highest BCUT2D eigenvalue weighted by Crippen LogP contribution is 2.26. The number of aromatic nitrogens is 4. The maximum atomic E-state index is 5.50. The van der Waals surface area contributed by atoms with Gasteiger partial charge in [0, 0.05) is 33.2 Å². The second-order valence-corrected chi connectivity index (χ2v) is 6.81. The quantitative estimate of drug-likeness (QED) is 0.667. The van der Waals surface area contributed by atoms with Gasteiger partial charge in [-0.25, -0.2) is 4.98 Å². The van der Waals surface area contributed by atoms with E-state index < -0.39 is 0 Å². The third-order valence-corrected chi connectivity index (χ3v) is 5.01. The van der Waals surface area contributed by atoms with Crippen LogP contribution in [0.4, 0.5) is 11.8 Å². The summed E-state index contributed by atoms with van der Waals surface area (Å²) in [5, 5.41) is 0. The highest BCUT2D eigenvalue weighted by Gasteiger charge is 2.21. The molecule has 142 valence electrons. The molecule has 0 bridgehead atoms. The highest BCUT2D eigenvalue weighted by molar-refractivity contribution is 5.85. The zero-order chi connectivity index (χ0) is 18.6. The van der Waals surface area contributed by atoms with E-state index in [2.05, 4.69) is 57.6 Å². The molecule has 7 heteroatoms. The fourth-order valence-corrected chi connectivity index (χ4v) is 3.36. The zero-order valence-corrected chi connectivity index (χ0v) is 16.0. The number of imidazole rings is 1. The monoisotopic (exact) mass is 366 g/mol. The molecule has 0 spiro atoms. The van der Waals surface area contributed by atoms with Crippen molar-refractivity contribution < 1.29 is 4.74 Å². The molecule has 0 aliphatic carbocycles. The Morgan fingerprint density at radius 1 is 1.11 bits per heavy atom. The first-order valence-corrected chi connectivity index (χ1v) is 9.57. The summed E-state index contributed by atoms with van der Waals surface area (Å²) in [7, 11) is 2.06. The lowest BCUT2D eigenvalue weighted by Gasteiger charge is -2.29. The Morgan fingerprint density at radius 3 is 2.63 bits per heavy atom. The number of hydrogen-bond acceptors (Lipinski definition) is 6. The number of morpholine rings is 1. The van der Waals surface area contributed by atoms with E-state index in [9.17, 15) is 0 Å². The molecule has 2 aromatic heterocycles. The van der Waals surface area contributed by atoms with Gasteiger partial charge < -0.3 is 19.1 Å². The molecule has 1 aliphatic heterocycles. The SMILES string of the molecule is CCn1cnc2c(N3CCOCC3)nc(N(C)CCc3ccccc3)nc21. The molecule has 0 N–H and O–H groups in total. The number of hydrogen-bond donors (Lipinski definition) is 0. The minimum Gasteiger partial charge on any atom is -0.378 e. The first-order chi connectivity index (χ1) is 13.3. The van der Waals surface area contributed by atoms with Gasteiger partial charge in [0.15, 0.2) is 17.0 Å². The molecule has 4 rings (SSSR count). The molecule has 0 unspecified atom stereocenters. The lowest BCUT2D eigenvalue weighted by atomic mass is 10.1. The molecule has 0 saturated carbocycles. The van der Waals surface area contributed by atoms with E-state index in [1.165, 1.54) is 5.56 Å². The smallest absolute Gasteiger partial charge is 0.229 e. The summed E-state index contributed by atoms with van der Waals surface area (Å²) < 4.78 is 7.58. The Kier molecular flexibility index (Phi) is 5.20. The average Bonchev–Trinajstić information content (AvgIpc) is 3.16. The van der Waals surface area contributed by atoms with Crippen molar-refractivity contribution in [1.82, 2.24) is 19.5 Å². The van der Waals surface area contributed by atoms with E-state index in [-0.39, 0.29) is 0 Å². The molecule has 1 aliphatic rings. The van der Waals surface area contributed by atoms with Crippen LogP contribution in [0, 0.1) is 0 Å². The van der Waals surface area contributed by atoms with Crippen LogP contribution in [0.25, 0.3) is 11.2 Å². The molecule has 3 heterocycles. The number of aryl methyl sites for hydroxylation is 1. The Hall–Kier alpha value is -2.67. The molecule has 1 aromatic carbocycles. The zero-order valence-electron chi connectivity index (χ0n) is 16.0. The van der Waals surface area contributed by atoms with Crippen LogP contribution in [-0.4, -0.2) is 59.4 Å². The molecular formula is C20H26N6O. The molecule has 3 aromatic rings. The summed E-state index contributed by atoms with van der Waals surface area (Å²) >= 11 is 0. The number of rotatable bonds is 6. The Morgan fingerprint density at radius 2 is 1.89 bits per heavy atom. The lowest BCUT2D eigenvalue weighted by molar-refractivity contribution is 0.122. The van der Waals surface area contributed by atoms with Crippen molar-refractivity contribution >= 4 is 22.9 Å². The Balaban J connectivity index is 1.64. The largest absolute Gasteiger partial charge is 0.378 e. The Labute approximate surface area is 159 Å². The molecule has 7 nitrogen and oxygen atoms in total. The number of benzene rings is 1. The summed E-state index contributed by atoms with van der Waals surface area (Å²) in [6, 6.07) is 10.5. The number of anilines is 2. The first kappa shape index (κ1) is 17.7. The van der Waals surface area contributed by atoms with Crippen molar-refractivity contribution in [2.24, 2.45) is 0 Å². The normalized spacial score (nSPS) is 14.7. The summed E-state index contributed by atoms with van der Waals surface area (Å²) in [6.07, 6.45) is 2.82. The predicted molar refractivity (Wildman–Crippen MR) is 107 cm³/mol. The summed E-state index contributed by atoms with van der Waals surface area (Å²) in [6.45, 7) is 6.91. The maximum absolute atomic E-state index is 5.50. The minimum atomic E-state index is 0.721. The molecule has 1 fully saturated rings. The predicted octanol–water partition coefficient (Wildman–Crippen LogP) is 2.36. The molecule has 27 heavy (non-hydrogen) atoms. The van der Waals surface area contributed by atoms with Gasteiger partial charge in [0.05, 0.1) is 19.5 Å². The molecule has 0 radical (unpaired) electrons. The van der Waals surface area contributed by atoms with Crippen molar-refractivity contribution in [3.63, 3.8) is 0 Å². The number of likely N-dealkylation sites (N-methyl/N-ethyl adjacent to an activating group) is 1. The van der Waals surface area contributed by atoms with Crippen molar-refractivity contribution in [3.05, 3.63) is 42.2 Å². The van der Waals surface area contributed by atoms with Crippen LogP contribution in [0.3, 0.4) is 0 Å². The molecule has 0 atom stereocenters. The second kappa shape index (κ2) is 7.92. The molecule has 0 amide bonds. The number of nitrogens with zero attached hydrogens (tertiary/aromatic N) is 6. The van der Waals surface area contributed by atoms with E-state index >= 15 is 0 Å². The van der Waals surface area contributed by atoms with Crippen LogP contribution in [0.5, 0.6) is 0 Å². The van der Waals surface area contributed by atoms with Gasteiger partial charge in [-0.1, -0.05) is 30.3 Å². The highest BCUT2D eigenvalue weighted by atomic mass is 16.5. The van der Waals surface area contributed by atoms with Crippen LogP contribution in [0.2, 0.25) is 0 Å². The summed E-state index contributed by atoms with van der Waals surface area (Å²) in [5.41, 5.74) is 3.09. The fraction of sp³-hybridized carbons (Fsp3) is 0.450. The van der Waals surface area contributed by atoms with Crippen molar-refractivity contribution in [2.45, 2.75) is 19.9 Å². The van der Waals surface area contributed by atoms with Gasteiger partial charge in [-0.15, -0.1) is 0 Å². The van der Waals surface area contributed by atoms with Crippen LogP contribution < -0.4 is 9.80 Å². The molecular weight excluding hydrogens is 340 g/mol. The van der Waals surface area contributed by atoms with Crippen LogP contribution in [0.15, 0.2) is 36.7 Å². The van der Waals surface area contributed by atoms with Gasteiger partial charge in [0.25, 0.3) is 0 Å². The minimum absolute atomic E-state index is 0.721. The first-order valence-electron chi connectivity index (χ1n) is 9.57. The van der Waals surface area contributed by atoms with Gasteiger partial charge >= 0.3 is 0 Å². The number of ether oxygens (including phenoxy) is 1. The van der Waals surface area contributed by atoms with E-state index in [0.717, 1.165) is 68.7 Å².